The van der Waals surface area contributed by atoms with Crippen molar-refractivity contribution in [2.75, 3.05) is 31.7 Å². The Balaban J connectivity index is 1.40. The molecule has 0 saturated heterocycles. The minimum absolute atomic E-state index is 0.0217. The monoisotopic (exact) mass is 679 g/mol. The summed E-state index contributed by atoms with van der Waals surface area (Å²) in [5, 5.41) is 5.03. The zero-order chi connectivity index (χ0) is 35.1. The van der Waals surface area contributed by atoms with Crippen LogP contribution in [0.25, 0.3) is 11.1 Å². The Morgan fingerprint density at radius 3 is 2.04 bits per heavy atom. The van der Waals surface area contributed by atoms with Gasteiger partial charge >= 0.3 is 5.97 Å². The summed E-state index contributed by atoms with van der Waals surface area (Å²) in [6.45, 7) is 0.780. The minimum atomic E-state index is -0.757. The number of unbranched alkanes of at least 4 members (excludes halogenated alkanes) is 1. The van der Waals surface area contributed by atoms with E-state index in [4.69, 9.17) is 45.0 Å². The van der Waals surface area contributed by atoms with Gasteiger partial charge in [0.2, 0.25) is 5.91 Å². The van der Waals surface area contributed by atoms with Gasteiger partial charge in [0.05, 0.1) is 7.11 Å². The molecule has 0 unspecified atom stereocenters. The smallest absolute Gasteiger partial charge is 0.328 e. The van der Waals surface area contributed by atoms with Gasteiger partial charge in [0.1, 0.15) is 6.04 Å². The molecular formula is C32H42ClN11O4. The van der Waals surface area contributed by atoms with Crippen molar-refractivity contribution >= 4 is 52.9 Å². The molecule has 0 radical (unpaired) electrons. The highest BCUT2D eigenvalue weighted by atomic mass is 35.5. The summed E-state index contributed by atoms with van der Waals surface area (Å²) in [6.07, 6.45) is 4.12. The zero-order valence-electron chi connectivity index (χ0n) is 26.7. The number of anilines is 2. The number of hydrogen-bond acceptors (Lipinski definition) is 10. The molecule has 0 spiro atoms. The highest BCUT2D eigenvalue weighted by Gasteiger charge is 2.21. The van der Waals surface area contributed by atoms with Crippen LogP contribution in [0.2, 0.25) is 5.15 Å². The van der Waals surface area contributed by atoms with E-state index in [1.165, 1.54) is 12.7 Å². The Morgan fingerprint density at radius 2 is 1.44 bits per heavy atom. The quantitative estimate of drug-likeness (QED) is 0.0495. The predicted octanol–water partition coefficient (Wildman–Crippen LogP) is 1.67. The fraction of sp³-hybridized carbons (Fsp3) is 0.344. The summed E-state index contributed by atoms with van der Waals surface area (Å²) >= 11 is 5.82. The van der Waals surface area contributed by atoms with Crippen LogP contribution in [0.1, 0.15) is 53.7 Å². The Morgan fingerprint density at radius 1 is 0.833 bits per heavy atom. The lowest BCUT2D eigenvalue weighted by Gasteiger charge is -2.16. The first-order chi connectivity index (χ1) is 23.0. The number of nitrogens with zero attached hydrogens (tertiary/aromatic N) is 4. The molecule has 0 bridgehead atoms. The summed E-state index contributed by atoms with van der Waals surface area (Å²) in [5.41, 5.74) is 31.8. The van der Waals surface area contributed by atoms with E-state index in [0.717, 1.165) is 36.0 Å². The lowest BCUT2D eigenvalue weighted by molar-refractivity contribution is -0.145. The van der Waals surface area contributed by atoms with E-state index < -0.39 is 17.9 Å². The van der Waals surface area contributed by atoms with Crippen LogP contribution in [-0.2, 0) is 27.2 Å². The van der Waals surface area contributed by atoms with Crippen LogP contribution in [0.15, 0.2) is 58.5 Å². The van der Waals surface area contributed by atoms with Crippen LogP contribution in [0.4, 0.5) is 11.6 Å². The molecule has 2 amide bonds. The van der Waals surface area contributed by atoms with E-state index in [-0.39, 0.29) is 46.7 Å². The van der Waals surface area contributed by atoms with Gasteiger partial charge in [-0.2, -0.15) is 0 Å². The summed E-state index contributed by atoms with van der Waals surface area (Å²) < 4.78 is 4.81. The molecule has 0 aliphatic rings. The lowest BCUT2D eigenvalue weighted by Crippen LogP contribution is -2.41. The van der Waals surface area contributed by atoms with Gasteiger partial charge in [-0.1, -0.05) is 60.1 Å². The van der Waals surface area contributed by atoms with Crippen molar-refractivity contribution in [3.8, 4) is 11.1 Å². The van der Waals surface area contributed by atoms with Gasteiger partial charge < -0.3 is 38.7 Å². The number of aromatic nitrogens is 2. The third-order valence-electron chi connectivity index (χ3n) is 7.17. The molecule has 16 heteroatoms. The lowest BCUT2D eigenvalue weighted by atomic mass is 9.99. The third kappa shape index (κ3) is 12.1. The molecule has 3 aromatic rings. The number of nitrogen functional groups attached to an aromatic ring is 2. The highest BCUT2D eigenvalue weighted by Crippen LogP contribution is 2.22. The van der Waals surface area contributed by atoms with Gasteiger partial charge in [0.25, 0.3) is 5.91 Å². The number of guanidine groups is 2. The molecule has 15 nitrogen and oxygen atoms in total. The summed E-state index contributed by atoms with van der Waals surface area (Å²) in [4.78, 5) is 52.6. The number of halogens is 1. The molecule has 3 rings (SSSR count). The Hall–Kier alpha value is -5.44. The van der Waals surface area contributed by atoms with Crippen LogP contribution in [0, 0.1) is 0 Å². The molecule has 256 valence electrons. The van der Waals surface area contributed by atoms with Crippen molar-refractivity contribution in [3.63, 3.8) is 0 Å². The number of ether oxygens (including phenoxy) is 1. The van der Waals surface area contributed by atoms with Gasteiger partial charge in [0, 0.05) is 19.5 Å². The first-order valence-corrected chi connectivity index (χ1v) is 15.6. The maximum Gasteiger partial charge on any atom is 0.328 e. The van der Waals surface area contributed by atoms with E-state index in [9.17, 15) is 14.4 Å². The average molecular weight is 680 g/mol. The van der Waals surface area contributed by atoms with Crippen LogP contribution >= 0.6 is 11.6 Å². The maximum absolute atomic E-state index is 12.5. The van der Waals surface area contributed by atoms with Crippen LogP contribution < -0.4 is 39.3 Å². The van der Waals surface area contributed by atoms with Crippen molar-refractivity contribution < 1.29 is 19.1 Å². The first-order valence-electron chi connectivity index (χ1n) is 15.3. The highest BCUT2D eigenvalue weighted by molar-refractivity contribution is 6.31. The van der Waals surface area contributed by atoms with Crippen LogP contribution in [0.3, 0.4) is 0 Å². The summed E-state index contributed by atoms with van der Waals surface area (Å²) in [7, 11) is 1.28. The molecule has 1 heterocycles. The van der Waals surface area contributed by atoms with Gasteiger partial charge in [-0.25, -0.2) is 14.8 Å². The maximum atomic E-state index is 12.5. The molecular weight excluding hydrogens is 638 g/mol. The molecule has 0 saturated carbocycles. The second-order valence-electron chi connectivity index (χ2n) is 10.8. The normalized spacial score (nSPS) is 11.8. The topological polar surface area (TPSA) is 265 Å². The number of benzene rings is 2. The number of hydrogen-bond donors (Lipinski definition) is 7. The molecule has 0 aliphatic carbocycles. The largest absolute Gasteiger partial charge is 0.467 e. The number of nitrogens with one attached hydrogen (secondary N) is 2. The Labute approximate surface area is 283 Å². The number of nitrogens with two attached hydrogens (primary N) is 5. The van der Waals surface area contributed by atoms with Gasteiger partial charge in [0.15, 0.2) is 34.4 Å². The van der Waals surface area contributed by atoms with Crippen molar-refractivity contribution in [2.45, 2.75) is 51.0 Å². The van der Waals surface area contributed by atoms with Crippen molar-refractivity contribution in [1.82, 2.24) is 20.6 Å². The van der Waals surface area contributed by atoms with E-state index in [1.54, 1.807) is 0 Å². The van der Waals surface area contributed by atoms with E-state index in [1.807, 2.05) is 24.3 Å². The number of aliphatic imine (C=N–C) groups is 2. The minimum Gasteiger partial charge on any atom is -0.467 e. The number of amides is 2. The van der Waals surface area contributed by atoms with Crippen molar-refractivity contribution in [1.29, 1.82) is 0 Å². The predicted molar refractivity (Wildman–Crippen MR) is 187 cm³/mol. The molecule has 0 fully saturated rings. The molecule has 2 aromatic carbocycles. The van der Waals surface area contributed by atoms with Crippen LogP contribution in [-0.4, -0.2) is 65.9 Å². The Kier molecular flexibility index (Phi) is 14.4. The number of methoxy groups -OCH3 is 1. The van der Waals surface area contributed by atoms with Gasteiger partial charge in [-0.05, 0) is 60.8 Å². The SMILES string of the molecule is COC(=O)[C@H](CCCN=C(N)N)NC(=O)CCc1ccc(-c2ccc(CCCCN=C(N)NC(=O)c3nc(Cl)c(N)nc3N)cc2)cc1. The van der Waals surface area contributed by atoms with E-state index in [2.05, 4.69) is 54.9 Å². The van der Waals surface area contributed by atoms with E-state index >= 15 is 0 Å². The number of aryl methyl sites for hydroxylation is 2. The molecule has 1 atom stereocenters. The summed E-state index contributed by atoms with van der Waals surface area (Å²) in [6, 6.07) is 15.6. The number of esters is 1. The molecule has 1 aromatic heterocycles. The standard InChI is InChI=1S/C32H42ClN11O4/c1-48-30(47)23(6-4-18-39-31(36)37)41-24(45)16-11-20-9-14-22(15-10-20)21-12-7-19(8-13-21)5-2-3-17-40-32(38)44-29(46)25-27(34)43-28(35)26(33)42-25/h7-10,12-15,23H,2-6,11,16-18H2,1H3,(H,41,45)(H4,34,35,43)(H4,36,37,39)(H3,38,40,44,46)/t23-/m0/s1. The second-order valence-corrected chi connectivity index (χ2v) is 11.2. The van der Waals surface area contributed by atoms with Crippen LogP contribution in [0.5, 0.6) is 0 Å². The van der Waals surface area contributed by atoms with Crippen molar-refractivity contribution in [2.24, 2.45) is 27.2 Å². The van der Waals surface area contributed by atoms with Crippen molar-refractivity contribution in [3.05, 3.63) is 70.5 Å². The fourth-order valence-electron chi connectivity index (χ4n) is 4.61. The number of carbonyl (C=O) groups excluding carboxylic acids is 3. The second kappa shape index (κ2) is 18.6. The summed E-state index contributed by atoms with van der Waals surface area (Å²) in [5.74, 6) is -1.75. The zero-order valence-corrected chi connectivity index (χ0v) is 27.5. The van der Waals surface area contributed by atoms with E-state index in [0.29, 0.717) is 32.4 Å². The number of carbonyl (C=O) groups is 3. The van der Waals surface area contributed by atoms with Gasteiger partial charge in [-0.3, -0.25) is 24.9 Å². The molecule has 48 heavy (non-hydrogen) atoms. The number of rotatable bonds is 16. The van der Waals surface area contributed by atoms with Gasteiger partial charge in [-0.15, -0.1) is 0 Å². The fourth-order valence-corrected chi connectivity index (χ4v) is 4.74. The molecule has 12 N–H and O–H groups in total. The Bertz CT molecular complexity index is 1610. The molecule has 0 aliphatic heterocycles. The third-order valence-corrected chi connectivity index (χ3v) is 7.44. The first kappa shape index (κ1) is 37.0. The average Bonchev–Trinajstić information content (AvgIpc) is 3.06.